The van der Waals surface area contributed by atoms with Gasteiger partial charge >= 0.3 is 0 Å². The fourth-order valence-corrected chi connectivity index (χ4v) is 6.57. The zero-order valence-corrected chi connectivity index (χ0v) is 24.1. The van der Waals surface area contributed by atoms with Gasteiger partial charge in [-0.05, 0) is 53.8 Å². The Kier molecular flexibility index (Phi) is 10.1. The average molecular weight is 562 g/mol. The summed E-state index contributed by atoms with van der Waals surface area (Å²) in [6, 6.07) is 40.6. The molecule has 0 amide bonds. The monoisotopic (exact) mass is 560 g/mol. The van der Waals surface area contributed by atoms with Crippen molar-refractivity contribution in [1.82, 2.24) is 9.80 Å². The van der Waals surface area contributed by atoms with Crippen LogP contribution in [0.3, 0.4) is 0 Å². The summed E-state index contributed by atoms with van der Waals surface area (Å²) in [5.74, 6) is 1.33. The van der Waals surface area contributed by atoms with E-state index in [4.69, 9.17) is 4.74 Å². The molecule has 0 N–H and O–H groups in total. The summed E-state index contributed by atoms with van der Waals surface area (Å²) in [4.78, 5) is 5.50. The van der Waals surface area contributed by atoms with E-state index in [0.29, 0.717) is 18.0 Å². The Balaban J connectivity index is 0.00000176. The first kappa shape index (κ1) is 29.2. The van der Waals surface area contributed by atoms with Crippen molar-refractivity contribution in [2.75, 3.05) is 26.7 Å². The van der Waals surface area contributed by atoms with Crippen LogP contribution in [-0.4, -0.2) is 48.6 Å². The number of methoxy groups -OCH3 is 1. The number of nitrogens with zero attached hydrogens (tertiary/aromatic N) is 2. The van der Waals surface area contributed by atoms with E-state index in [9.17, 15) is 0 Å². The number of ether oxygens (including phenoxy) is 1. The lowest BCUT2D eigenvalue weighted by Gasteiger charge is -2.47. The largest absolute Gasteiger partial charge is 0.496 e. The summed E-state index contributed by atoms with van der Waals surface area (Å²) in [7, 11) is 1.79. The normalized spacial score (nSPS) is 19.1. The Morgan fingerprint density at radius 3 is 1.97 bits per heavy atom. The average Bonchev–Trinajstić information content (AvgIpc) is 3.44. The molecule has 0 unspecified atom stereocenters. The zero-order chi connectivity index (χ0) is 25.0. The molecule has 0 aliphatic carbocycles. The van der Waals surface area contributed by atoms with E-state index in [1.54, 1.807) is 7.11 Å². The van der Waals surface area contributed by atoms with Crippen molar-refractivity contribution >= 4 is 24.8 Å². The second-order valence-corrected chi connectivity index (χ2v) is 10.5. The van der Waals surface area contributed by atoms with Crippen molar-refractivity contribution in [2.45, 2.75) is 37.4 Å². The Bertz CT molecular complexity index is 1260. The van der Waals surface area contributed by atoms with Gasteiger partial charge in [-0.3, -0.25) is 9.80 Å². The Morgan fingerprint density at radius 1 is 0.744 bits per heavy atom. The molecule has 2 aliphatic heterocycles. The van der Waals surface area contributed by atoms with Crippen molar-refractivity contribution in [3.8, 4) is 16.9 Å². The standard InChI is InChI=1S/C34H36N2O.2ClH/c1-37-33-20-19-29(26-12-5-2-6-13-26)22-30(33)23-35-24-31-18-11-21-36(31)32(25-35)34(27-14-7-3-8-15-27)28-16-9-4-10-17-28;;/h2-10,12-17,19-20,22,31-32,34H,11,18,21,23-25H2,1H3;2*1H/t31-,32-;;/m0../s1. The molecule has 0 saturated carbocycles. The molecule has 4 aromatic rings. The van der Waals surface area contributed by atoms with Gasteiger partial charge in [0.2, 0.25) is 0 Å². The maximum Gasteiger partial charge on any atom is 0.123 e. The summed E-state index contributed by atoms with van der Waals surface area (Å²) in [5.41, 5.74) is 6.59. The maximum atomic E-state index is 5.84. The van der Waals surface area contributed by atoms with Crippen LogP contribution in [0, 0.1) is 0 Å². The van der Waals surface area contributed by atoms with E-state index in [0.717, 1.165) is 25.4 Å². The lowest BCUT2D eigenvalue weighted by Crippen LogP contribution is -2.57. The number of piperazine rings is 1. The van der Waals surface area contributed by atoms with Crippen molar-refractivity contribution in [3.63, 3.8) is 0 Å². The summed E-state index contributed by atoms with van der Waals surface area (Å²) < 4.78 is 5.84. The Morgan fingerprint density at radius 2 is 1.36 bits per heavy atom. The number of halogens is 2. The molecular weight excluding hydrogens is 523 g/mol. The van der Waals surface area contributed by atoms with Crippen molar-refractivity contribution in [2.24, 2.45) is 0 Å². The molecule has 0 spiro atoms. The molecule has 6 rings (SSSR count). The molecule has 2 heterocycles. The molecule has 2 fully saturated rings. The lowest BCUT2D eigenvalue weighted by atomic mass is 9.82. The van der Waals surface area contributed by atoms with E-state index in [1.165, 1.54) is 47.2 Å². The van der Waals surface area contributed by atoms with E-state index in [-0.39, 0.29) is 24.8 Å². The van der Waals surface area contributed by atoms with Gasteiger partial charge in [-0.15, -0.1) is 24.8 Å². The van der Waals surface area contributed by atoms with Gasteiger partial charge in [0, 0.05) is 43.2 Å². The molecule has 39 heavy (non-hydrogen) atoms. The molecular formula is C34H38Cl2N2O. The lowest BCUT2D eigenvalue weighted by molar-refractivity contribution is 0.0380. The van der Waals surface area contributed by atoms with Crippen molar-refractivity contribution in [3.05, 3.63) is 126 Å². The number of rotatable bonds is 7. The van der Waals surface area contributed by atoms with Crippen LogP contribution in [0.1, 0.15) is 35.4 Å². The van der Waals surface area contributed by atoms with Crippen LogP contribution < -0.4 is 4.74 Å². The molecule has 2 saturated heterocycles. The van der Waals surface area contributed by atoms with Crippen LogP contribution in [0.5, 0.6) is 5.75 Å². The minimum Gasteiger partial charge on any atom is -0.496 e. The summed E-state index contributed by atoms with van der Waals surface area (Å²) in [6.45, 7) is 4.27. The highest BCUT2D eigenvalue weighted by molar-refractivity contribution is 5.85. The van der Waals surface area contributed by atoms with Crippen LogP contribution >= 0.6 is 24.8 Å². The topological polar surface area (TPSA) is 15.7 Å². The van der Waals surface area contributed by atoms with Gasteiger partial charge in [-0.1, -0.05) is 97.1 Å². The van der Waals surface area contributed by atoms with Gasteiger partial charge in [0.25, 0.3) is 0 Å². The van der Waals surface area contributed by atoms with Crippen molar-refractivity contribution < 1.29 is 4.74 Å². The maximum absolute atomic E-state index is 5.84. The molecule has 0 aromatic heterocycles. The fourth-order valence-electron chi connectivity index (χ4n) is 6.57. The van der Waals surface area contributed by atoms with Gasteiger partial charge in [-0.2, -0.15) is 0 Å². The van der Waals surface area contributed by atoms with Crippen LogP contribution in [0.2, 0.25) is 0 Å². The highest BCUT2D eigenvalue weighted by Gasteiger charge is 2.41. The number of hydrogen-bond acceptors (Lipinski definition) is 3. The second-order valence-electron chi connectivity index (χ2n) is 10.5. The first-order chi connectivity index (χ1) is 18.3. The van der Waals surface area contributed by atoms with Crippen LogP contribution in [0.15, 0.2) is 109 Å². The smallest absolute Gasteiger partial charge is 0.123 e. The van der Waals surface area contributed by atoms with Gasteiger partial charge in [0.05, 0.1) is 7.11 Å². The third kappa shape index (κ3) is 6.34. The van der Waals surface area contributed by atoms with E-state index >= 15 is 0 Å². The van der Waals surface area contributed by atoms with Gasteiger partial charge < -0.3 is 4.74 Å². The predicted octanol–water partition coefficient (Wildman–Crippen LogP) is 7.69. The highest BCUT2D eigenvalue weighted by atomic mass is 35.5. The van der Waals surface area contributed by atoms with Crippen LogP contribution in [0.25, 0.3) is 11.1 Å². The van der Waals surface area contributed by atoms with E-state index in [1.807, 2.05) is 0 Å². The van der Waals surface area contributed by atoms with Crippen LogP contribution in [-0.2, 0) is 6.54 Å². The molecule has 3 nitrogen and oxygen atoms in total. The number of hydrogen-bond donors (Lipinski definition) is 0. The Labute approximate surface area is 245 Å². The first-order valence-corrected chi connectivity index (χ1v) is 13.6. The first-order valence-electron chi connectivity index (χ1n) is 13.6. The zero-order valence-electron chi connectivity index (χ0n) is 22.5. The molecule has 0 radical (unpaired) electrons. The summed E-state index contributed by atoms with van der Waals surface area (Å²) >= 11 is 0. The predicted molar refractivity (Wildman–Crippen MR) is 166 cm³/mol. The molecule has 4 aromatic carbocycles. The third-order valence-electron chi connectivity index (χ3n) is 8.25. The van der Waals surface area contributed by atoms with Gasteiger partial charge in [0.15, 0.2) is 0 Å². The quantitative estimate of drug-likeness (QED) is 0.230. The minimum atomic E-state index is 0. The molecule has 2 aliphatic rings. The molecule has 5 heteroatoms. The molecule has 2 atom stereocenters. The summed E-state index contributed by atoms with van der Waals surface area (Å²) in [5, 5.41) is 0. The summed E-state index contributed by atoms with van der Waals surface area (Å²) in [6.07, 6.45) is 2.57. The molecule has 0 bridgehead atoms. The Hall–Kier alpha value is -2.82. The van der Waals surface area contributed by atoms with Crippen LogP contribution in [0.4, 0.5) is 0 Å². The second kappa shape index (κ2) is 13.5. The fraction of sp³-hybridized carbons (Fsp3) is 0.294. The van der Waals surface area contributed by atoms with Gasteiger partial charge in [0.1, 0.15) is 5.75 Å². The third-order valence-corrected chi connectivity index (χ3v) is 8.25. The van der Waals surface area contributed by atoms with Crippen molar-refractivity contribution in [1.29, 1.82) is 0 Å². The highest BCUT2D eigenvalue weighted by Crippen LogP contribution is 2.38. The number of benzene rings is 4. The SMILES string of the molecule is COc1ccc(-c2ccccc2)cc1CN1C[C@@H]2CCCN2[C@H](C(c2ccccc2)c2ccccc2)C1.Cl.Cl. The minimum absolute atomic E-state index is 0. The van der Waals surface area contributed by atoms with Gasteiger partial charge in [-0.25, -0.2) is 0 Å². The van der Waals surface area contributed by atoms with E-state index < -0.39 is 0 Å². The number of fused-ring (bicyclic) bond motifs is 1. The van der Waals surface area contributed by atoms with E-state index in [2.05, 4.69) is 119 Å². The molecule has 204 valence electrons.